The maximum absolute atomic E-state index is 12.5. The van der Waals surface area contributed by atoms with Gasteiger partial charge in [-0.25, -0.2) is 0 Å². The van der Waals surface area contributed by atoms with Crippen molar-refractivity contribution in [2.45, 2.75) is 38.5 Å². The lowest BCUT2D eigenvalue weighted by molar-refractivity contribution is -0.173. The third-order valence-electron chi connectivity index (χ3n) is 3.66. The van der Waals surface area contributed by atoms with E-state index in [0.717, 1.165) is 9.75 Å². The van der Waals surface area contributed by atoms with Crippen LogP contribution in [0.1, 0.15) is 29.0 Å². The van der Waals surface area contributed by atoms with Crippen molar-refractivity contribution in [3.8, 4) is 0 Å². The minimum absolute atomic E-state index is 0.0610. The molecule has 0 bridgehead atoms. The van der Waals surface area contributed by atoms with E-state index >= 15 is 0 Å². The van der Waals surface area contributed by atoms with E-state index in [9.17, 15) is 22.8 Å². The Morgan fingerprint density at radius 2 is 1.63 bits per heavy atom. The van der Waals surface area contributed by atoms with Gasteiger partial charge in [-0.1, -0.05) is 18.6 Å². The number of halogens is 3. The molecule has 2 heterocycles. The molecule has 0 aliphatic carbocycles. The van der Waals surface area contributed by atoms with E-state index in [2.05, 4.69) is 0 Å². The maximum atomic E-state index is 12.5. The van der Waals surface area contributed by atoms with E-state index in [1.165, 1.54) is 0 Å². The van der Waals surface area contributed by atoms with E-state index in [1.54, 1.807) is 34.0 Å². The maximum Gasteiger partial charge on any atom is 0.471 e. The Bertz CT molecular complexity index is 665. The molecule has 9 heteroatoms. The monoisotopic (exact) mass is 417 g/mol. The van der Waals surface area contributed by atoms with E-state index in [1.807, 2.05) is 40.3 Å². The first-order valence-electron chi connectivity index (χ1n) is 8.38. The number of thiophene rings is 2. The first kappa shape index (κ1) is 21.4. The molecular formula is C18H20F3N2O2S2. The molecule has 1 N–H and O–H groups in total. The molecular weight excluding hydrogens is 397 g/mol. The van der Waals surface area contributed by atoms with Crippen LogP contribution in [-0.4, -0.2) is 29.4 Å². The number of hydrogen-bond acceptors (Lipinski definition) is 4. The normalized spacial score (nSPS) is 11.4. The molecule has 0 aliphatic heterocycles. The molecule has 0 saturated carbocycles. The molecule has 0 aromatic carbocycles. The van der Waals surface area contributed by atoms with Gasteiger partial charge in [-0.2, -0.15) is 13.2 Å². The zero-order chi connectivity index (χ0) is 19.7. The predicted octanol–water partition coefficient (Wildman–Crippen LogP) is 4.39. The van der Waals surface area contributed by atoms with Crippen molar-refractivity contribution < 1.29 is 22.8 Å². The number of rotatable bonds is 10. The van der Waals surface area contributed by atoms with Gasteiger partial charge in [-0.15, -0.1) is 22.7 Å². The summed E-state index contributed by atoms with van der Waals surface area (Å²) in [7, 11) is 0. The topological polar surface area (TPSA) is 49.4 Å². The van der Waals surface area contributed by atoms with Gasteiger partial charge in [-0.3, -0.25) is 9.59 Å². The first-order chi connectivity index (χ1) is 12.9. The van der Waals surface area contributed by atoms with Crippen LogP contribution in [0.2, 0.25) is 0 Å². The molecule has 2 amide bonds. The summed E-state index contributed by atoms with van der Waals surface area (Å²) in [5, 5.41) is 5.74. The Hall–Kier alpha value is -1.87. The van der Waals surface area contributed by atoms with Gasteiger partial charge in [0.25, 0.3) is 0 Å². The summed E-state index contributed by atoms with van der Waals surface area (Å²) in [6.07, 6.45) is -1.94. The molecule has 2 rings (SSSR count). The summed E-state index contributed by atoms with van der Waals surface area (Å²) in [6.45, 7) is 0.980. The molecule has 0 saturated heterocycles. The molecule has 0 fully saturated rings. The summed E-state index contributed by atoms with van der Waals surface area (Å²) in [4.78, 5) is 27.1. The lowest BCUT2D eigenvalue weighted by Gasteiger charge is -2.21. The van der Waals surface area contributed by atoms with Gasteiger partial charge in [0.05, 0.1) is 13.1 Å². The molecule has 1 radical (unpaired) electrons. The summed E-state index contributed by atoms with van der Waals surface area (Å²) >= 11 is 3.17. The Morgan fingerprint density at radius 1 is 1.04 bits per heavy atom. The molecule has 0 spiro atoms. The van der Waals surface area contributed by atoms with Crippen LogP contribution in [-0.2, 0) is 22.7 Å². The van der Waals surface area contributed by atoms with Crippen LogP contribution >= 0.6 is 22.7 Å². The number of amides is 2. The molecule has 0 atom stereocenters. The smallest absolute Gasteiger partial charge is 0.348 e. The van der Waals surface area contributed by atoms with Gasteiger partial charge in [0.15, 0.2) is 0 Å². The Balaban J connectivity index is 1.74. The highest BCUT2D eigenvalue weighted by molar-refractivity contribution is 7.10. The third-order valence-corrected chi connectivity index (χ3v) is 5.38. The van der Waals surface area contributed by atoms with Gasteiger partial charge in [-0.05, 0) is 35.7 Å². The summed E-state index contributed by atoms with van der Waals surface area (Å²) in [5.41, 5.74) is 0. The second-order valence-corrected chi connectivity index (χ2v) is 7.87. The fourth-order valence-corrected chi connectivity index (χ4v) is 3.76. The lowest BCUT2D eigenvalue weighted by Crippen LogP contribution is -2.37. The molecule has 2 aromatic rings. The van der Waals surface area contributed by atoms with Gasteiger partial charge < -0.3 is 10.2 Å². The minimum Gasteiger partial charge on any atom is -0.348 e. The largest absolute Gasteiger partial charge is 0.471 e. The van der Waals surface area contributed by atoms with Crippen LogP contribution in [0.15, 0.2) is 35.0 Å². The van der Waals surface area contributed by atoms with Crippen LogP contribution < -0.4 is 5.32 Å². The summed E-state index contributed by atoms with van der Waals surface area (Å²) < 4.78 is 36.2. The molecule has 27 heavy (non-hydrogen) atoms. The summed E-state index contributed by atoms with van der Waals surface area (Å²) in [5.74, 6) is -2.03. The van der Waals surface area contributed by atoms with Gasteiger partial charge in [0, 0.05) is 22.7 Å². The van der Waals surface area contributed by atoms with E-state index in [0.29, 0.717) is 32.4 Å². The molecule has 0 unspecified atom stereocenters. The standard InChI is InChI=1S/C18H20F3N2O2S2/c19-18(20,21)17(25)22-9-3-1-2-8-16(24)23(12-14-6-4-10-26-14)13-15-7-5-11-27-15/h4-8,10-11H,1-3,9,12-13H2,(H,22,25). The molecule has 147 valence electrons. The quantitative estimate of drug-likeness (QED) is 0.583. The fourth-order valence-electron chi connectivity index (χ4n) is 2.32. The Labute approximate surface area is 164 Å². The number of unbranched alkanes of at least 4 members (excludes halogenated alkanes) is 2. The molecule has 4 nitrogen and oxygen atoms in total. The van der Waals surface area contributed by atoms with Crippen LogP contribution in [0.5, 0.6) is 0 Å². The van der Waals surface area contributed by atoms with Crippen molar-refractivity contribution >= 4 is 34.5 Å². The van der Waals surface area contributed by atoms with Crippen molar-refractivity contribution in [1.29, 1.82) is 0 Å². The van der Waals surface area contributed by atoms with Crippen LogP contribution in [0.25, 0.3) is 0 Å². The number of nitrogens with zero attached hydrogens (tertiary/aromatic N) is 1. The number of carbonyl (C=O) groups is 2. The van der Waals surface area contributed by atoms with Crippen molar-refractivity contribution in [2.24, 2.45) is 0 Å². The lowest BCUT2D eigenvalue weighted by atomic mass is 10.1. The fraction of sp³-hybridized carbons (Fsp3) is 0.389. The van der Waals surface area contributed by atoms with Gasteiger partial charge in [0.1, 0.15) is 0 Å². The number of alkyl halides is 3. The zero-order valence-electron chi connectivity index (χ0n) is 14.5. The predicted molar refractivity (Wildman–Crippen MR) is 100 cm³/mol. The average Bonchev–Trinajstić information content (AvgIpc) is 3.30. The Morgan fingerprint density at radius 3 is 2.11 bits per heavy atom. The van der Waals surface area contributed by atoms with Crippen molar-refractivity contribution in [1.82, 2.24) is 10.2 Å². The molecule has 0 aliphatic rings. The van der Waals surface area contributed by atoms with E-state index in [4.69, 9.17) is 0 Å². The van der Waals surface area contributed by atoms with Crippen molar-refractivity contribution in [3.63, 3.8) is 0 Å². The number of nitrogens with one attached hydrogen (secondary N) is 1. The minimum atomic E-state index is -4.85. The van der Waals surface area contributed by atoms with Crippen LogP contribution in [0.4, 0.5) is 13.2 Å². The molecule has 2 aromatic heterocycles. The highest BCUT2D eigenvalue weighted by atomic mass is 32.1. The third kappa shape index (κ3) is 7.72. The first-order valence-corrected chi connectivity index (χ1v) is 10.1. The highest BCUT2D eigenvalue weighted by Gasteiger charge is 2.38. The van der Waals surface area contributed by atoms with Gasteiger partial charge in [0.2, 0.25) is 5.91 Å². The zero-order valence-corrected chi connectivity index (χ0v) is 16.1. The van der Waals surface area contributed by atoms with E-state index < -0.39 is 12.1 Å². The number of hydrogen-bond donors (Lipinski definition) is 1. The second kappa shape index (κ2) is 10.5. The number of carbonyl (C=O) groups excluding carboxylic acids is 2. The highest BCUT2D eigenvalue weighted by Crippen LogP contribution is 2.18. The van der Waals surface area contributed by atoms with Crippen LogP contribution in [0, 0.1) is 6.42 Å². The summed E-state index contributed by atoms with van der Waals surface area (Å²) in [6, 6.07) is 7.82. The van der Waals surface area contributed by atoms with Crippen LogP contribution in [0.3, 0.4) is 0 Å². The second-order valence-electron chi connectivity index (χ2n) is 5.81. The van der Waals surface area contributed by atoms with Crippen molar-refractivity contribution in [3.05, 3.63) is 51.2 Å². The van der Waals surface area contributed by atoms with Gasteiger partial charge >= 0.3 is 12.1 Å². The average molecular weight is 417 g/mol. The SMILES string of the molecule is O=C([CH]CCCCNC(=O)C(F)(F)F)N(Cc1cccs1)Cc1cccs1. The van der Waals surface area contributed by atoms with E-state index in [-0.39, 0.29) is 12.5 Å². The Kier molecular flexibility index (Phi) is 8.30. The van der Waals surface area contributed by atoms with Crippen molar-refractivity contribution in [2.75, 3.05) is 6.54 Å².